The van der Waals surface area contributed by atoms with Gasteiger partial charge in [-0.05, 0) is 48.9 Å². The minimum Gasteiger partial charge on any atom is -0.365 e. The molecule has 2 fully saturated rings. The van der Waals surface area contributed by atoms with Crippen molar-refractivity contribution in [1.29, 1.82) is 0 Å². The van der Waals surface area contributed by atoms with E-state index in [-0.39, 0.29) is 5.82 Å². The molecule has 2 atom stereocenters. The van der Waals surface area contributed by atoms with E-state index in [0.717, 1.165) is 24.7 Å². The van der Waals surface area contributed by atoms with E-state index in [9.17, 15) is 4.39 Å². The highest BCUT2D eigenvalue weighted by Crippen LogP contribution is 2.36. The maximum Gasteiger partial charge on any atom is 0.123 e. The second-order valence-electron chi connectivity index (χ2n) is 6.29. The van der Waals surface area contributed by atoms with Gasteiger partial charge < -0.3 is 10.2 Å². The van der Waals surface area contributed by atoms with Gasteiger partial charge in [0.25, 0.3) is 0 Å². The number of hydrogen-bond donors (Lipinski definition) is 1. The maximum absolute atomic E-state index is 13.1. The fourth-order valence-electron chi connectivity index (χ4n) is 3.13. The van der Waals surface area contributed by atoms with Gasteiger partial charge in [-0.3, -0.25) is 0 Å². The molecule has 1 saturated heterocycles. The number of nitrogens with one attached hydrogen (secondary N) is 1. The molecule has 1 saturated carbocycles. The van der Waals surface area contributed by atoms with Gasteiger partial charge in [0.2, 0.25) is 0 Å². The SMILES string of the molecule is CC(C)C1CNC(C2CC2)CN1c1ccc(F)cc1. The molecule has 0 amide bonds. The number of nitrogens with zero attached hydrogens (tertiary/aromatic N) is 1. The first-order valence-electron chi connectivity index (χ1n) is 7.40. The topological polar surface area (TPSA) is 15.3 Å². The van der Waals surface area contributed by atoms with Crippen molar-refractivity contribution in [1.82, 2.24) is 5.32 Å². The summed E-state index contributed by atoms with van der Waals surface area (Å²) in [7, 11) is 0. The average molecular weight is 262 g/mol. The summed E-state index contributed by atoms with van der Waals surface area (Å²) in [6, 6.07) is 8.09. The van der Waals surface area contributed by atoms with Crippen molar-refractivity contribution in [3.8, 4) is 0 Å². The molecule has 1 N–H and O–H groups in total. The lowest BCUT2D eigenvalue weighted by Gasteiger charge is -2.44. The van der Waals surface area contributed by atoms with Crippen molar-refractivity contribution >= 4 is 5.69 Å². The first-order valence-corrected chi connectivity index (χ1v) is 7.40. The number of hydrogen-bond acceptors (Lipinski definition) is 2. The number of anilines is 1. The fourth-order valence-corrected chi connectivity index (χ4v) is 3.13. The van der Waals surface area contributed by atoms with E-state index in [2.05, 4.69) is 24.1 Å². The van der Waals surface area contributed by atoms with Crippen molar-refractivity contribution in [2.75, 3.05) is 18.0 Å². The highest BCUT2D eigenvalue weighted by Gasteiger charge is 2.37. The quantitative estimate of drug-likeness (QED) is 0.900. The third-order valence-electron chi connectivity index (χ3n) is 4.50. The van der Waals surface area contributed by atoms with Crippen LogP contribution < -0.4 is 10.2 Å². The van der Waals surface area contributed by atoms with Gasteiger partial charge in [-0.15, -0.1) is 0 Å². The standard InChI is InChI=1S/C16H23FN2/c1-11(2)16-9-18-15(12-3-4-12)10-19(16)14-7-5-13(17)6-8-14/h5-8,11-12,15-16,18H,3-4,9-10H2,1-2H3. The minimum atomic E-state index is -0.154. The summed E-state index contributed by atoms with van der Waals surface area (Å²) in [6.45, 7) is 6.62. The molecule has 19 heavy (non-hydrogen) atoms. The van der Waals surface area contributed by atoms with Gasteiger partial charge in [0.15, 0.2) is 0 Å². The highest BCUT2D eigenvalue weighted by atomic mass is 19.1. The summed E-state index contributed by atoms with van der Waals surface area (Å²) >= 11 is 0. The van der Waals surface area contributed by atoms with Crippen LogP contribution in [0.3, 0.4) is 0 Å². The zero-order valence-corrected chi connectivity index (χ0v) is 11.8. The molecular formula is C16H23FN2. The number of piperazine rings is 1. The lowest BCUT2D eigenvalue weighted by Crippen LogP contribution is -2.59. The van der Waals surface area contributed by atoms with E-state index in [4.69, 9.17) is 0 Å². The van der Waals surface area contributed by atoms with Crippen LogP contribution >= 0.6 is 0 Å². The third kappa shape index (κ3) is 2.76. The summed E-state index contributed by atoms with van der Waals surface area (Å²) in [5.74, 6) is 1.30. The van der Waals surface area contributed by atoms with Crippen LogP contribution in [0.1, 0.15) is 26.7 Å². The average Bonchev–Trinajstić information content (AvgIpc) is 3.23. The molecule has 2 unspecified atom stereocenters. The lowest BCUT2D eigenvalue weighted by molar-refractivity contribution is 0.320. The molecule has 2 aliphatic rings. The Morgan fingerprint density at radius 3 is 2.47 bits per heavy atom. The Hall–Kier alpha value is -1.09. The Balaban J connectivity index is 1.81. The van der Waals surface area contributed by atoms with E-state index >= 15 is 0 Å². The molecule has 2 nitrogen and oxygen atoms in total. The van der Waals surface area contributed by atoms with E-state index in [0.29, 0.717) is 18.0 Å². The van der Waals surface area contributed by atoms with E-state index < -0.39 is 0 Å². The molecule has 0 radical (unpaired) electrons. The molecule has 104 valence electrons. The van der Waals surface area contributed by atoms with Gasteiger partial charge in [0.1, 0.15) is 5.82 Å². The predicted octanol–water partition coefficient (Wildman–Crippen LogP) is 3.04. The second kappa shape index (κ2) is 5.12. The van der Waals surface area contributed by atoms with Crippen LogP contribution in [0.25, 0.3) is 0 Å². The molecule has 0 bridgehead atoms. The summed E-state index contributed by atoms with van der Waals surface area (Å²) in [5.41, 5.74) is 1.16. The van der Waals surface area contributed by atoms with Crippen LogP contribution in [-0.2, 0) is 0 Å². The Kier molecular flexibility index (Phi) is 3.48. The van der Waals surface area contributed by atoms with Gasteiger partial charge >= 0.3 is 0 Å². The predicted molar refractivity (Wildman–Crippen MR) is 76.9 cm³/mol. The highest BCUT2D eigenvalue weighted by molar-refractivity contribution is 5.48. The molecule has 1 aromatic carbocycles. The first-order chi connectivity index (χ1) is 9.15. The van der Waals surface area contributed by atoms with Crippen molar-refractivity contribution in [3.63, 3.8) is 0 Å². The van der Waals surface area contributed by atoms with Gasteiger partial charge in [0, 0.05) is 30.9 Å². The minimum absolute atomic E-state index is 0.154. The van der Waals surface area contributed by atoms with Crippen molar-refractivity contribution in [2.45, 2.75) is 38.8 Å². The van der Waals surface area contributed by atoms with Crippen LogP contribution in [-0.4, -0.2) is 25.2 Å². The molecule has 3 heteroatoms. The van der Waals surface area contributed by atoms with Gasteiger partial charge in [0.05, 0.1) is 0 Å². The smallest absolute Gasteiger partial charge is 0.123 e. The molecule has 1 aliphatic heterocycles. The zero-order valence-electron chi connectivity index (χ0n) is 11.8. The van der Waals surface area contributed by atoms with Crippen LogP contribution in [0.2, 0.25) is 0 Å². The Morgan fingerprint density at radius 1 is 1.21 bits per heavy atom. The van der Waals surface area contributed by atoms with E-state index in [1.165, 1.54) is 12.8 Å². The molecule has 1 aliphatic carbocycles. The molecule has 0 spiro atoms. The Labute approximate surface area is 115 Å². The molecule has 0 aromatic heterocycles. The number of halogens is 1. The van der Waals surface area contributed by atoms with E-state index in [1.54, 1.807) is 12.1 Å². The van der Waals surface area contributed by atoms with Crippen LogP contribution in [0, 0.1) is 17.7 Å². The Bertz CT molecular complexity index is 425. The molecule has 3 rings (SSSR count). The fraction of sp³-hybridized carbons (Fsp3) is 0.625. The number of benzene rings is 1. The largest absolute Gasteiger partial charge is 0.365 e. The summed E-state index contributed by atoms with van der Waals surface area (Å²) < 4.78 is 13.1. The maximum atomic E-state index is 13.1. The zero-order chi connectivity index (χ0) is 13.4. The van der Waals surface area contributed by atoms with Crippen LogP contribution in [0.15, 0.2) is 24.3 Å². The first kappa shape index (κ1) is 12.9. The van der Waals surface area contributed by atoms with Crippen LogP contribution in [0.4, 0.5) is 10.1 Å². The Morgan fingerprint density at radius 2 is 1.89 bits per heavy atom. The normalized spacial score (nSPS) is 27.9. The number of rotatable bonds is 3. The van der Waals surface area contributed by atoms with Gasteiger partial charge in [-0.1, -0.05) is 13.8 Å². The van der Waals surface area contributed by atoms with Gasteiger partial charge in [-0.2, -0.15) is 0 Å². The summed E-state index contributed by atoms with van der Waals surface area (Å²) in [4.78, 5) is 2.48. The molecular weight excluding hydrogens is 239 g/mol. The monoisotopic (exact) mass is 262 g/mol. The van der Waals surface area contributed by atoms with Crippen molar-refractivity contribution in [3.05, 3.63) is 30.1 Å². The molecule has 1 aromatic rings. The van der Waals surface area contributed by atoms with Crippen molar-refractivity contribution in [2.24, 2.45) is 11.8 Å². The molecule has 1 heterocycles. The summed E-state index contributed by atoms with van der Waals surface area (Å²) in [5, 5.41) is 3.71. The lowest BCUT2D eigenvalue weighted by atomic mass is 9.96. The van der Waals surface area contributed by atoms with Gasteiger partial charge in [-0.25, -0.2) is 4.39 Å². The van der Waals surface area contributed by atoms with Crippen LogP contribution in [0.5, 0.6) is 0 Å². The second-order valence-corrected chi connectivity index (χ2v) is 6.29. The third-order valence-corrected chi connectivity index (χ3v) is 4.50. The van der Waals surface area contributed by atoms with E-state index in [1.807, 2.05) is 12.1 Å². The summed E-state index contributed by atoms with van der Waals surface area (Å²) in [6.07, 6.45) is 2.72. The van der Waals surface area contributed by atoms with Crippen molar-refractivity contribution < 1.29 is 4.39 Å².